The van der Waals surface area contributed by atoms with Crippen LogP contribution in [0, 0.1) is 16.0 Å². The number of nitro benzene ring substituents is 1. The number of ether oxygens (including phenoxy) is 1. The molecule has 3 rings (SSSR count). The van der Waals surface area contributed by atoms with Gasteiger partial charge in [-0.2, -0.15) is 0 Å². The molecule has 0 aliphatic carbocycles. The average molecular weight is 557 g/mol. The van der Waals surface area contributed by atoms with Crippen LogP contribution in [0.1, 0.15) is 25.2 Å². The van der Waals surface area contributed by atoms with Crippen molar-refractivity contribution >= 4 is 35.6 Å². The Hall–Kier alpha value is -2.18. The summed E-state index contributed by atoms with van der Waals surface area (Å²) in [6.07, 6.45) is 1.72. The molecule has 0 spiro atoms. The van der Waals surface area contributed by atoms with Gasteiger partial charge >= 0.3 is 0 Å². The summed E-state index contributed by atoms with van der Waals surface area (Å²) in [4.78, 5) is 17.5. The number of hydrogen-bond acceptors (Lipinski definition) is 6. The van der Waals surface area contributed by atoms with Crippen LogP contribution in [-0.4, -0.2) is 54.7 Å². The molecular formula is C22H32IN5O4. The SMILES string of the molecule is CC(C)CN1CCOC(CNC(=NCc2ccc([N+](=O)[O-])cc2)NCc2ccco2)C1.I. The van der Waals surface area contributed by atoms with Crippen LogP contribution in [0.25, 0.3) is 0 Å². The number of furan rings is 1. The van der Waals surface area contributed by atoms with E-state index in [1.165, 1.54) is 12.1 Å². The fourth-order valence-corrected chi connectivity index (χ4v) is 3.45. The van der Waals surface area contributed by atoms with Crippen molar-refractivity contribution in [2.45, 2.75) is 33.0 Å². The summed E-state index contributed by atoms with van der Waals surface area (Å²) in [5.74, 6) is 2.07. The van der Waals surface area contributed by atoms with Gasteiger partial charge in [-0.05, 0) is 23.6 Å². The number of aliphatic imine (C=N–C) groups is 1. The summed E-state index contributed by atoms with van der Waals surface area (Å²) in [5.41, 5.74) is 0.962. The molecule has 1 aliphatic rings. The molecule has 0 radical (unpaired) electrons. The maximum atomic E-state index is 10.8. The lowest BCUT2D eigenvalue weighted by Crippen LogP contribution is -2.50. The topological polar surface area (TPSA) is 105 Å². The molecule has 1 fully saturated rings. The predicted molar refractivity (Wildman–Crippen MR) is 134 cm³/mol. The van der Waals surface area contributed by atoms with E-state index in [4.69, 9.17) is 9.15 Å². The van der Waals surface area contributed by atoms with Crippen molar-refractivity contribution in [3.63, 3.8) is 0 Å². The third-order valence-corrected chi connectivity index (χ3v) is 4.92. The predicted octanol–water partition coefficient (Wildman–Crippen LogP) is 3.40. The molecular weight excluding hydrogens is 525 g/mol. The number of nitrogens with zero attached hydrogens (tertiary/aromatic N) is 3. The van der Waals surface area contributed by atoms with E-state index in [9.17, 15) is 10.1 Å². The molecule has 1 aromatic carbocycles. The van der Waals surface area contributed by atoms with Crippen molar-refractivity contribution in [2.24, 2.45) is 10.9 Å². The number of morpholine rings is 1. The lowest BCUT2D eigenvalue weighted by molar-refractivity contribution is -0.384. The first-order valence-corrected chi connectivity index (χ1v) is 10.6. The lowest BCUT2D eigenvalue weighted by Gasteiger charge is -2.34. The highest BCUT2D eigenvalue weighted by Crippen LogP contribution is 2.12. The van der Waals surface area contributed by atoms with Crippen molar-refractivity contribution < 1.29 is 14.1 Å². The van der Waals surface area contributed by atoms with Gasteiger partial charge in [-0.25, -0.2) is 4.99 Å². The molecule has 1 aliphatic heterocycles. The van der Waals surface area contributed by atoms with E-state index in [0.29, 0.717) is 31.5 Å². The molecule has 1 atom stereocenters. The summed E-state index contributed by atoms with van der Waals surface area (Å²) >= 11 is 0. The number of rotatable bonds is 9. The zero-order valence-corrected chi connectivity index (χ0v) is 20.9. The first-order valence-electron chi connectivity index (χ1n) is 10.6. The highest BCUT2D eigenvalue weighted by Gasteiger charge is 2.21. The smallest absolute Gasteiger partial charge is 0.269 e. The molecule has 0 amide bonds. The fourth-order valence-electron chi connectivity index (χ4n) is 3.45. The van der Waals surface area contributed by atoms with Gasteiger partial charge in [0.05, 0.1) is 37.0 Å². The third-order valence-electron chi connectivity index (χ3n) is 4.92. The molecule has 2 heterocycles. The van der Waals surface area contributed by atoms with Gasteiger partial charge in [0.1, 0.15) is 5.76 Å². The monoisotopic (exact) mass is 557 g/mol. The summed E-state index contributed by atoms with van der Waals surface area (Å²) < 4.78 is 11.3. The van der Waals surface area contributed by atoms with Gasteiger partial charge < -0.3 is 19.8 Å². The first kappa shape index (κ1) is 26.1. The van der Waals surface area contributed by atoms with Gasteiger partial charge in [-0.3, -0.25) is 15.0 Å². The normalized spacial score (nSPS) is 17.1. The average Bonchev–Trinajstić information content (AvgIpc) is 3.27. The van der Waals surface area contributed by atoms with E-state index >= 15 is 0 Å². The van der Waals surface area contributed by atoms with Crippen LogP contribution in [0.4, 0.5) is 5.69 Å². The number of benzene rings is 1. The second kappa shape index (κ2) is 13.4. The number of guanidine groups is 1. The molecule has 1 aromatic heterocycles. The Balaban J connectivity index is 0.00000363. The maximum Gasteiger partial charge on any atom is 0.269 e. The lowest BCUT2D eigenvalue weighted by atomic mass is 10.2. The molecule has 1 saturated heterocycles. The van der Waals surface area contributed by atoms with Gasteiger partial charge in [-0.15, -0.1) is 24.0 Å². The number of hydrogen-bond donors (Lipinski definition) is 2. The summed E-state index contributed by atoms with van der Waals surface area (Å²) in [5, 5.41) is 17.5. The van der Waals surface area contributed by atoms with E-state index < -0.39 is 4.92 Å². The quantitative estimate of drug-likeness (QED) is 0.160. The summed E-state index contributed by atoms with van der Waals surface area (Å²) in [7, 11) is 0. The Morgan fingerprint density at radius 1 is 1.28 bits per heavy atom. The van der Waals surface area contributed by atoms with Gasteiger partial charge in [0.15, 0.2) is 5.96 Å². The Kier molecular flexibility index (Phi) is 10.9. The molecule has 0 saturated carbocycles. The van der Waals surface area contributed by atoms with E-state index in [0.717, 1.165) is 37.6 Å². The summed E-state index contributed by atoms with van der Waals surface area (Å²) in [6.45, 7) is 9.64. The molecule has 176 valence electrons. The van der Waals surface area contributed by atoms with Crippen molar-refractivity contribution in [3.05, 3.63) is 64.1 Å². The van der Waals surface area contributed by atoms with Crippen LogP contribution in [0.15, 0.2) is 52.1 Å². The van der Waals surface area contributed by atoms with Crippen molar-refractivity contribution in [1.82, 2.24) is 15.5 Å². The maximum absolute atomic E-state index is 10.8. The van der Waals surface area contributed by atoms with Crippen LogP contribution in [0.2, 0.25) is 0 Å². The van der Waals surface area contributed by atoms with E-state index in [-0.39, 0.29) is 35.8 Å². The van der Waals surface area contributed by atoms with Crippen molar-refractivity contribution in [1.29, 1.82) is 0 Å². The van der Waals surface area contributed by atoms with Crippen LogP contribution in [0.5, 0.6) is 0 Å². The van der Waals surface area contributed by atoms with Crippen LogP contribution >= 0.6 is 24.0 Å². The molecule has 2 N–H and O–H groups in total. The molecule has 2 aromatic rings. The van der Waals surface area contributed by atoms with E-state index in [1.807, 2.05) is 12.1 Å². The molecule has 0 bridgehead atoms. The van der Waals surface area contributed by atoms with Crippen LogP contribution in [0.3, 0.4) is 0 Å². The number of nitrogens with one attached hydrogen (secondary N) is 2. The van der Waals surface area contributed by atoms with Crippen molar-refractivity contribution in [3.8, 4) is 0 Å². The van der Waals surface area contributed by atoms with Crippen LogP contribution < -0.4 is 10.6 Å². The van der Waals surface area contributed by atoms with Crippen molar-refractivity contribution in [2.75, 3.05) is 32.8 Å². The second-order valence-corrected chi connectivity index (χ2v) is 8.05. The molecule has 32 heavy (non-hydrogen) atoms. The van der Waals surface area contributed by atoms with E-state index in [2.05, 4.69) is 34.4 Å². The number of halogens is 1. The molecule has 9 nitrogen and oxygen atoms in total. The number of non-ortho nitro benzene ring substituents is 1. The van der Waals surface area contributed by atoms with E-state index in [1.54, 1.807) is 18.4 Å². The Bertz CT molecular complexity index is 843. The minimum absolute atomic E-state index is 0. The first-order chi connectivity index (χ1) is 15.0. The number of nitro groups is 1. The largest absolute Gasteiger partial charge is 0.467 e. The van der Waals surface area contributed by atoms with Gasteiger partial charge in [0, 0.05) is 38.3 Å². The highest BCUT2D eigenvalue weighted by atomic mass is 127. The zero-order chi connectivity index (χ0) is 22.1. The fraction of sp³-hybridized carbons (Fsp3) is 0.500. The third kappa shape index (κ3) is 8.75. The Morgan fingerprint density at radius 3 is 2.72 bits per heavy atom. The minimum Gasteiger partial charge on any atom is -0.467 e. The van der Waals surface area contributed by atoms with Gasteiger partial charge in [0.2, 0.25) is 0 Å². The van der Waals surface area contributed by atoms with Crippen LogP contribution in [-0.2, 0) is 17.8 Å². The zero-order valence-electron chi connectivity index (χ0n) is 18.5. The minimum atomic E-state index is -0.405. The summed E-state index contributed by atoms with van der Waals surface area (Å²) in [6, 6.07) is 10.2. The van der Waals surface area contributed by atoms with Gasteiger partial charge in [0.25, 0.3) is 5.69 Å². The van der Waals surface area contributed by atoms with Gasteiger partial charge in [-0.1, -0.05) is 26.0 Å². The molecule has 10 heteroatoms. The molecule has 1 unspecified atom stereocenters. The standard InChI is InChI=1S/C22H31N5O4.HI/c1-17(2)15-26-9-11-31-21(16-26)14-25-22(24-13-20-4-3-10-30-20)23-12-18-5-7-19(8-6-18)27(28)29;/h3-8,10,17,21H,9,11-16H2,1-2H3,(H2,23,24,25);1H. The second-order valence-electron chi connectivity index (χ2n) is 8.05. The Labute approximate surface area is 205 Å². The highest BCUT2D eigenvalue weighted by molar-refractivity contribution is 14.0. The Morgan fingerprint density at radius 2 is 2.06 bits per heavy atom.